The molecule has 0 aliphatic rings. The van der Waals surface area contributed by atoms with Gasteiger partial charge in [0.15, 0.2) is 6.29 Å². The molecule has 1 N–H and O–H groups in total. The topological polar surface area (TPSA) is 38.7 Å². The summed E-state index contributed by atoms with van der Waals surface area (Å²) in [5.74, 6) is 0. The van der Waals surface area contributed by atoms with Crippen molar-refractivity contribution in [3.8, 4) is 0 Å². The minimum atomic E-state index is -0.411. The van der Waals surface area contributed by atoms with Gasteiger partial charge in [-0.25, -0.2) is 0 Å². The summed E-state index contributed by atoms with van der Waals surface area (Å²) in [5.41, 5.74) is 2.04. The molecular weight excluding hydrogens is 252 g/mol. The van der Waals surface area contributed by atoms with Gasteiger partial charge in [-0.3, -0.25) is 0 Å². The molecule has 112 valence electrons. The molecule has 0 fully saturated rings. The van der Waals surface area contributed by atoms with Crippen LogP contribution in [0.1, 0.15) is 32.3 Å². The van der Waals surface area contributed by atoms with E-state index in [0.29, 0.717) is 26.1 Å². The molecule has 1 atom stereocenters. The van der Waals surface area contributed by atoms with E-state index < -0.39 is 12.4 Å². The molecule has 0 aliphatic carbocycles. The van der Waals surface area contributed by atoms with E-state index in [-0.39, 0.29) is 0 Å². The Morgan fingerprint density at radius 3 is 2.30 bits per heavy atom. The Bertz CT molecular complexity index is 369. The number of rotatable bonds is 10. The third-order valence-corrected chi connectivity index (χ3v) is 3.08. The van der Waals surface area contributed by atoms with Crippen LogP contribution in [0.15, 0.2) is 42.5 Å². The van der Waals surface area contributed by atoms with Crippen molar-refractivity contribution in [1.29, 1.82) is 0 Å². The van der Waals surface area contributed by atoms with Gasteiger partial charge in [-0.2, -0.15) is 0 Å². The van der Waals surface area contributed by atoms with Gasteiger partial charge in [-0.1, -0.05) is 36.9 Å². The highest BCUT2D eigenvalue weighted by atomic mass is 16.7. The maximum absolute atomic E-state index is 10.1. The third kappa shape index (κ3) is 6.33. The summed E-state index contributed by atoms with van der Waals surface area (Å²) >= 11 is 0. The summed E-state index contributed by atoms with van der Waals surface area (Å²) in [4.78, 5) is 0. The number of aliphatic hydroxyl groups is 1. The Morgan fingerprint density at radius 1 is 1.15 bits per heavy atom. The van der Waals surface area contributed by atoms with Crippen molar-refractivity contribution >= 4 is 0 Å². The van der Waals surface area contributed by atoms with E-state index in [2.05, 4.69) is 18.7 Å². The van der Waals surface area contributed by atoms with Crippen LogP contribution in [0.5, 0.6) is 0 Å². The molecule has 1 rings (SSSR count). The standard InChI is InChI=1S/C17H26O3/c1-4-19-17(20-5-2)14(3)13-16(18)12-11-15-9-7-6-8-10-15/h6-10,16-18H,3-5,11-13H2,1-2H3. The summed E-state index contributed by atoms with van der Waals surface area (Å²) in [6.45, 7) is 8.97. The third-order valence-electron chi connectivity index (χ3n) is 3.08. The molecule has 0 saturated heterocycles. The smallest absolute Gasteiger partial charge is 0.179 e. The summed E-state index contributed by atoms with van der Waals surface area (Å²) in [5, 5.41) is 10.1. The van der Waals surface area contributed by atoms with E-state index in [9.17, 15) is 5.11 Å². The zero-order chi connectivity index (χ0) is 14.8. The second-order valence-corrected chi connectivity index (χ2v) is 4.78. The molecule has 0 bridgehead atoms. The van der Waals surface area contributed by atoms with Crippen LogP contribution in [0, 0.1) is 0 Å². The largest absolute Gasteiger partial charge is 0.393 e. The number of aryl methyl sites for hydroxylation is 1. The summed E-state index contributed by atoms with van der Waals surface area (Å²) < 4.78 is 10.9. The van der Waals surface area contributed by atoms with Gasteiger partial charge in [0, 0.05) is 13.2 Å². The van der Waals surface area contributed by atoms with Gasteiger partial charge >= 0.3 is 0 Å². The average molecular weight is 278 g/mol. The van der Waals surface area contributed by atoms with E-state index in [0.717, 1.165) is 12.0 Å². The van der Waals surface area contributed by atoms with Gasteiger partial charge in [-0.15, -0.1) is 0 Å². The molecule has 3 heteroatoms. The van der Waals surface area contributed by atoms with Crippen molar-refractivity contribution in [2.75, 3.05) is 13.2 Å². The lowest BCUT2D eigenvalue weighted by Gasteiger charge is -2.21. The normalized spacial score (nSPS) is 12.6. The lowest BCUT2D eigenvalue weighted by atomic mass is 10.0. The molecule has 20 heavy (non-hydrogen) atoms. The highest BCUT2D eigenvalue weighted by molar-refractivity contribution is 5.14. The molecule has 1 aromatic carbocycles. The van der Waals surface area contributed by atoms with Gasteiger partial charge in [-0.05, 0) is 44.2 Å². The van der Waals surface area contributed by atoms with Crippen molar-refractivity contribution in [1.82, 2.24) is 0 Å². The quantitative estimate of drug-likeness (QED) is 0.527. The molecule has 0 spiro atoms. The van der Waals surface area contributed by atoms with E-state index in [4.69, 9.17) is 9.47 Å². The van der Waals surface area contributed by atoms with Crippen LogP contribution in [-0.2, 0) is 15.9 Å². The summed E-state index contributed by atoms with van der Waals surface area (Å²) in [6, 6.07) is 10.2. The van der Waals surface area contributed by atoms with E-state index in [1.165, 1.54) is 5.56 Å². The summed E-state index contributed by atoms with van der Waals surface area (Å²) in [7, 11) is 0. The van der Waals surface area contributed by atoms with Crippen LogP contribution in [-0.4, -0.2) is 30.7 Å². The van der Waals surface area contributed by atoms with Crippen LogP contribution < -0.4 is 0 Å². The lowest BCUT2D eigenvalue weighted by Crippen LogP contribution is -2.22. The molecule has 0 amide bonds. The monoisotopic (exact) mass is 278 g/mol. The average Bonchev–Trinajstić information content (AvgIpc) is 2.46. The molecule has 1 unspecified atom stereocenters. The minimum absolute atomic E-state index is 0.406. The van der Waals surface area contributed by atoms with Crippen molar-refractivity contribution < 1.29 is 14.6 Å². The van der Waals surface area contributed by atoms with Crippen molar-refractivity contribution in [3.63, 3.8) is 0 Å². The fourth-order valence-corrected chi connectivity index (χ4v) is 2.07. The predicted molar refractivity (Wildman–Crippen MR) is 81.6 cm³/mol. The maximum atomic E-state index is 10.1. The molecule has 0 heterocycles. The van der Waals surface area contributed by atoms with Crippen LogP contribution in [0.25, 0.3) is 0 Å². The SMILES string of the molecule is C=C(CC(O)CCc1ccccc1)C(OCC)OCC. The molecule has 0 aliphatic heterocycles. The van der Waals surface area contributed by atoms with E-state index in [1.807, 2.05) is 32.0 Å². The molecule has 1 aromatic rings. The maximum Gasteiger partial charge on any atom is 0.179 e. The zero-order valence-corrected chi connectivity index (χ0v) is 12.5. The highest BCUT2D eigenvalue weighted by Gasteiger charge is 2.16. The van der Waals surface area contributed by atoms with Gasteiger partial charge in [0.2, 0.25) is 0 Å². The fraction of sp³-hybridized carbons (Fsp3) is 0.529. The Balaban J connectivity index is 2.36. The minimum Gasteiger partial charge on any atom is -0.393 e. The second-order valence-electron chi connectivity index (χ2n) is 4.78. The van der Waals surface area contributed by atoms with Crippen LogP contribution >= 0.6 is 0 Å². The van der Waals surface area contributed by atoms with Crippen molar-refractivity contribution in [2.24, 2.45) is 0 Å². The van der Waals surface area contributed by atoms with Crippen LogP contribution in [0.3, 0.4) is 0 Å². The molecular formula is C17H26O3. The zero-order valence-electron chi connectivity index (χ0n) is 12.5. The first-order chi connectivity index (χ1) is 9.67. The number of ether oxygens (including phenoxy) is 2. The van der Waals surface area contributed by atoms with Crippen molar-refractivity contribution in [3.05, 3.63) is 48.0 Å². The van der Waals surface area contributed by atoms with Gasteiger partial charge in [0.05, 0.1) is 6.10 Å². The molecule has 0 aromatic heterocycles. The molecule has 3 nitrogen and oxygen atoms in total. The Kier molecular flexibility index (Phi) is 8.19. The van der Waals surface area contributed by atoms with Crippen LogP contribution in [0.2, 0.25) is 0 Å². The van der Waals surface area contributed by atoms with E-state index >= 15 is 0 Å². The first kappa shape index (κ1) is 16.9. The highest BCUT2D eigenvalue weighted by Crippen LogP contribution is 2.16. The van der Waals surface area contributed by atoms with Crippen LogP contribution in [0.4, 0.5) is 0 Å². The number of aliphatic hydroxyl groups excluding tert-OH is 1. The van der Waals surface area contributed by atoms with Gasteiger partial charge in [0.25, 0.3) is 0 Å². The second kappa shape index (κ2) is 9.70. The predicted octanol–water partition coefficient (Wildman–Crippen LogP) is 3.33. The summed E-state index contributed by atoms with van der Waals surface area (Å²) in [6.07, 6.45) is 1.27. The van der Waals surface area contributed by atoms with Gasteiger partial charge in [0.1, 0.15) is 0 Å². The number of hydrogen-bond donors (Lipinski definition) is 1. The van der Waals surface area contributed by atoms with Gasteiger partial charge < -0.3 is 14.6 Å². The molecule has 0 saturated carbocycles. The van der Waals surface area contributed by atoms with Crippen molar-refractivity contribution in [2.45, 2.75) is 45.5 Å². The first-order valence-corrected chi connectivity index (χ1v) is 7.30. The lowest BCUT2D eigenvalue weighted by molar-refractivity contribution is -0.114. The number of benzene rings is 1. The Labute approximate surface area is 122 Å². The fourth-order valence-electron chi connectivity index (χ4n) is 2.07. The van der Waals surface area contributed by atoms with E-state index in [1.54, 1.807) is 0 Å². The first-order valence-electron chi connectivity index (χ1n) is 7.30. The Hall–Kier alpha value is -1.16. The molecule has 0 radical (unpaired) electrons. The Morgan fingerprint density at radius 2 is 1.75 bits per heavy atom. The number of hydrogen-bond acceptors (Lipinski definition) is 3.